The van der Waals surface area contributed by atoms with E-state index in [4.69, 9.17) is 11.6 Å². The minimum Gasteiger partial charge on any atom is -0.391 e. The van der Waals surface area contributed by atoms with Crippen LogP contribution in [0.25, 0.3) is 5.65 Å². The van der Waals surface area contributed by atoms with Crippen molar-refractivity contribution in [2.75, 3.05) is 5.32 Å². The Balaban J connectivity index is 2.15. The highest BCUT2D eigenvalue weighted by molar-refractivity contribution is 6.30. The quantitative estimate of drug-likeness (QED) is 0.780. The van der Waals surface area contributed by atoms with Crippen molar-refractivity contribution in [3.63, 3.8) is 0 Å². The number of fused-ring (bicyclic) bond motifs is 1. The molecule has 0 aliphatic carbocycles. The average molecular weight is 316 g/mol. The number of aryl methyl sites for hydroxylation is 1. The molecule has 0 bridgehead atoms. The molecule has 3 aromatic rings. The van der Waals surface area contributed by atoms with E-state index in [-0.39, 0.29) is 11.1 Å². The van der Waals surface area contributed by atoms with Crippen LogP contribution in [0.3, 0.4) is 0 Å². The van der Waals surface area contributed by atoms with Crippen molar-refractivity contribution < 1.29 is 5.11 Å². The predicted molar refractivity (Wildman–Crippen MR) is 86.9 cm³/mol. The number of anilines is 2. The van der Waals surface area contributed by atoms with E-state index < -0.39 is 6.61 Å². The molecule has 0 aliphatic rings. The Morgan fingerprint density at radius 1 is 1.32 bits per heavy atom. The molecular formula is C16H14ClN3O2. The molecule has 2 aromatic heterocycles. The molecule has 2 heterocycles. The second-order valence-electron chi connectivity index (χ2n) is 4.97. The van der Waals surface area contributed by atoms with Gasteiger partial charge in [-0.3, -0.25) is 9.20 Å². The standard InChI is InChI=1S/C16H14ClN3O2/c1-10-6-11(17)8-12(7-10)18-15-13(9-21)16(22)20-5-3-2-4-14(20)19-15/h2-8,18,21H,9H2,1H3. The molecule has 3 rings (SSSR count). The maximum absolute atomic E-state index is 12.4. The summed E-state index contributed by atoms with van der Waals surface area (Å²) in [5.74, 6) is 0.334. The van der Waals surface area contributed by atoms with E-state index in [0.717, 1.165) is 5.56 Å². The fourth-order valence-corrected chi connectivity index (χ4v) is 2.61. The number of benzene rings is 1. The van der Waals surface area contributed by atoms with Gasteiger partial charge in [-0.1, -0.05) is 17.7 Å². The molecule has 0 aliphatic heterocycles. The van der Waals surface area contributed by atoms with Crippen LogP contribution in [0.15, 0.2) is 47.4 Å². The Kier molecular flexibility index (Phi) is 3.83. The predicted octanol–water partition coefficient (Wildman–Crippen LogP) is 2.89. The van der Waals surface area contributed by atoms with Crippen molar-refractivity contribution in [1.82, 2.24) is 9.38 Å². The maximum atomic E-state index is 12.4. The normalized spacial score (nSPS) is 10.9. The highest BCUT2D eigenvalue weighted by Gasteiger charge is 2.12. The Bertz CT molecular complexity index is 885. The van der Waals surface area contributed by atoms with Gasteiger partial charge in [-0.05, 0) is 42.8 Å². The summed E-state index contributed by atoms with van der Waals surface area (Å²) in [6.45, 7) is 1.53. The lowest BCUT2D eigenvalue weighted by Crippen LogP contribution is -2.21. The zero-order valence-corrected chi connectivity index (χ0v) is 12.6. The highest BCUT2D eigenvalue weighted by atomic mass is 35.5. The largest absolute Gasteiger partial charge is 0.391 e. The second kappa shape index (κ2) is 5.79. The van der Waals surface area contributed by atoms with Crippen LogP contribution in [0, 0.1) is 6.92 Å². The van der Waals surface area contributed by atoms with Gasteiger partial charge in [-0.15, -0.1) is 0 Å². The molecule has 1 aromatic carbocycles. The minimum atomic E-state index is -0.397. The van der Waals surface area contributed by atoms with E-state index in [1.165, 1.54) is 4.40 Å². The van der Waals surface area contributed by atoms with Gasteiger partial charge in [0.2, 0.25) is 0 Å². The summed E-state index contributed by atoms with van der Waals surface area (Å²) in [6, 6.07) is 10.7. The van der Waals surface area contributed by atoms with Gasteiger partial charge in [0, 0.05) is 16.9 Å². The summed E-state index contributed by atoms with van der Waals surface area (Å²) in [7, 11) is 0. The van der Waals surface area contributed by atoms with E-state index in [2.05, 4.69) is 10.3 Å². The third kappa shape index (κ3) is 2.68. The number of nitrogens with one attached hydrogen (secondary N) is 1. The summed E-state index contributed by atoms with van der Waals surface area (Å²) >= 11 is 6.04. The van der Waals surface area contributed by atoms with Gasteiger partial charge in [-0.25, -0.2) is 4.98 Å². The van der Waals surface area contributed by atoms with Gasteiger partial charge < -0.3 is 10.4 Å². The lowest BCUT2D eigenvalue weighted by atomic mass is 10.2. The lowest BCUT2D eigenvalue weighted by molar-refractivity contribution is 0.280. The molecule has 0 amide bonds. The molecule has 22 heavy (non-hydrogen) atoms. The van der Waals surface area contributed by atoms with Crippen molar-refractivity contribution in [2.24, 2.45) is 0 Å². The number of aromatic nitrogens is 2. The average Bonchev–Trinajstić information content (AvgIpc) is 2.46. The fourth-order valence-electron chi connectivity index (χ4n) is 2.32. The number of hydrogen-bond acceptors (Lipinski definition) is 4. The number of rotatable bonds is 3. The van der Waals surface area contributed by atoms with E-state index >= 15 is 0 Å². The first kappa shape index (κ1) is 14.6. The maximum Gasteiger partial charge on any atom is 0.265 e. The molecule has 0 atom stereocenters. The van der Waals surface area contributed by atoms with Crippen LogP contribution >= 0.6 is 11.6 Å². The zero-order chi connectivity index (χ0) is 15.7. The van der Waals surface area contributed by atoms with Gasteiger partial charge >= 0.3 is 0 Å². The lowest BCUT2D eigenvalue weighted by Gasteiger charge is -2.12. The number of nitrogens with zero attached hydrogens (tertiary/aromatic N) is 2. The Morgan fingerprint density at radius 3 is 2.86 bits per heavy atom. The van der Waals surface area contributed by atoms with E-state index in [1.54, 1.807) is 30.5 Å². The van der Waals surface area contributed by atoms with Gasteiger partial charge in [-0.2, -0.15) is 0 Å². The summed E-state index contributed by atoms with van der Waals surface area (Å²) in [6.07, 6.45) is 1.62. The third-order valence-corrected chi connectivity index (χ3v) is 3.51. The van der Waals surface area contributed by atoms with Crippen LogP contribution < -0.4 is 10.9 Å². The number of pyridine rings is 1. The van der Waals surface area contributed by atoms with Crippen LogP contribution in [0.1, 0.15) is 11.1 Å². The van der Waals surface area contributed by atoms with Crippen molar-refractivity contribution in [2.45, 2.75) is 13.5 Å². The SMILES string of the molecule is Cc1cc(Cl)cc(Nc2nc3ccccn3c(=O)c2CO)c1. The Morgan fingerprint density at radius 2 is 2.14 bits per heavy atom. The van der Waals surface area contributed by atoms with Crippen LogP contribution in [-0.2, 0) is 6.61 Å². The van der Waals surface area contributed by atoms with E-state index in [9.17, 15) is 9.90 Å². The molecule has 0 saturated heterocycles. The Hall–Kier alpha value is -2.37. The van der Waals surface area contributed by atoms with Crippen LogP contribution in [0.5, 0.6) is 0 Å². The molecule has 0 unspecified atom stereocenters. The molecule has 0 spiro atoms. The number of halogens is 1. The monoisotopic (exact) mass is 315 g/mol. The summed E-state index contributed by atoms with van der Waals surface area (Å²) < 4.78 is 1.40. The first-order valence-corrected chi connectivity index (χ1v) is 7.11. The molecule has 0 saturated carbocycles. The summed E-state index contributed by atoms with van der Waals surface area (Å²) in [5, 5.41) is 13.2. The Labute approximate surface area is 131 Å². The van der Waals surface area contributed by atoms with Crippen molar-refractivity contribution >= 4 is 28.8 Å². The van der Waals surface area contributed by atoms with Gasteiger partial charge in [0.1, 0.15) is 11.5 Å². The topological polar surface area (TPSA) is 66.6 Å². The molecule has 0 fully saturated rings. The molecule has 2 N–H and O–H groups in total. The molecular weight excluding hydrogens is 302 g/mol. The van der Waals surface area contributed by atoms with Crippen LogP contribution in [0.4, 0.5) is 11.5 Å². The second-order valence-corrected chi connectivity index (χ2v) is 5.41. The van der Waals surface area contributed by atoms with Gasteiger partial charge in [0.05, 0.1) is 12.2 Å². The first-order valence-electron chi connectivity index (χ1n) is 6.74. The summed E-state index contributed by atoms with van der Waals surface area (Å²) in [5.41, 5.74) is 2.12. The van der Waals surface area contributed by atoms with Gasteiger partial charge in [0.15, 0.2) is 0 Å². The fraction of sp³-hybridized carbons (Fsp3) is 0.125. The van der Waals surface area contributed by atoms with E-state index in [0.29, 0.717) is 22.2 Å². The first-order chi connectivity index (χ1) is 10.6. The van der Waals surface area contributed by atoms with Crippen molar-refractivity contribution in [1.29, 1.82) is 0 Å². The number of hydrogen-bond donors (Lipinski definition) is 2. The highest BCUT2D eigenvalue weighted by Crippen LogP contribution is 2.23. The molecule has 0 radical (unpaired) electrons. The number of aliphatic hydroxyl groups excluding tert-OH is 1. The van der Waals surface area contributed by atoms with Gasteiger partial charge in [0.25, 0.3) is 5.56 Å². The van der Waals surface area contributed by atoms with Crippen LogP contribution in [-0.4, -0.2) is 14.5 Å². The van der Waals surface area contributed by atoms with Crippen LogP contribution in [0.2, 0.25) is 5.02 Å². The molecule has 112 valence electrons. The van der Waals surface area contributed by atoms with Crippen molar-refractivity contribution in [3.05, 3.63) is 69.1 Å². The number of aliphatic hydroxyl groups is 1. The molecule has 6 heteroatoms. The zero-order valence-electron chi connectivity index (χ0n) is 11.9. The molecule has 5 nitrogen and oxygen atoms in total. The van der Waals surface area contributed by atoms with Crippen molar-refractivity contribution in [3.8, 4) is 0 Å². The minimum absolute atomic E-state index is 0.210. The van der Waals surface area contributed by atoms with E-state index in [1.807, 2.05) is 19.1 Å². The summed E-state index contributed by atoms with van der Waals surface area (Å²) in [4.78, 5) is 16.8. The smallest absolute Gasteiger partial charge is 0.265 e. The third-order valence-electron chi connectivity index (χ3n) is 3.29.